The van der Waals surface area contributed by atoms with Crippen molar-refractivity contribution in [2.45, 2.75) is 13.0 Å². The number of hydrogen-bond donors (Lipinski definition) is 1. The maximum atomic E-state index is 13.7. The van der Waals surface area contributed by atoms with Gasteiger partial charge in [0.2, 0.25) is 0 Å². The molecule has 0 bridgehead atoms. The molecule has 2 heterocycles. The van der Waals surface area contributed by atoms with Crippen molar-refractivity contribution in [2.24, 2.45) is 5.92 Å². The minimum Gasteiger partial charge on any atom is -0.381 e. The van der Waals surface area contributed by atoms with E-state index >= 15 is 0 Å². The molecule has 0 radical (unpaired) electrons. The molecule has 5 heteroatoms. The predicted molar refractivity (Wildman–Crippen MR) is 61.4 cm³/mol. The number of H-pyrrole nitrogens is 1. The molecule has 0 aliphatic carbocycles. The summed E-state index contributed by atoms with van der Waals surface area (Å²) in [7, 11) is 0. The number of rotatable bonds is 2. The number of hydrogen-bond acceptors (Lipinski definition) is 2. The van der Waals surface area contributed by atoms with E-state index in [4.69, 9.17) is 4.74 Å². The molecule has 1 aliphatic rings. The minimum absolute atomic E-state index is 0.253. The van der Waals surface area contributed by atoms with Crippen molar-refractivity contribution in [2.75, 3.05) is 13.2 Å². The predicted octanol–water partition coefficient (Wildman–Crippen LogP) is 1.51. The fourth-order valence-electron chi connectivity index (χ4n) is 2.33. The molecule has 0 amide bonds. The first-order valence-electron chi connectivity index (χ1n) is 5.70. The number of aromatic nitrogens is 2. The number of nitrogens with one attached hydrogen (secondary N) is 1. The average Bonchev–Trinajstić information content (AvgIpc) is 2.89. The zero-order chi connectivity index (χ0) is 11.8. The molecule has 4 nitrogen and oxygen atoms in total. The summed E-state index contributed by atoms with van der Waals surface area (Å²) in [6.45, 7) is 1.89. The van der Waals surface area contributed by atoms with Gasteiger partial charge >= 0.3 is 5.69 Å². The first kappa shape index (κ1) is 10.5. The molecule has 1 atom stereocenters. The molecule has 1 N–H and O–H groups in total. The van der Waals surface area contributed by atoms with E-state index in [1.165, 1.54) is 10.6 Å². The highest BCUT2D eigenvalue weighted by atomic mass is 19.1. The van der Waals surface area contributed by atoms with Crippen LogP contribution in [0, 0.1) is 11.7 Å². The van der Waals surface area contributed by atoms with Crippen molar-refractivity contribution in [3.63, 3.8) is 0 Å². The van der Waals surface area contributed by atoms with E-state index in [2.05, 4.69) is 4.98 Å². The van der Waals surface area contributed by atoms with Gasteiger partial charge in [0.1, 0.15) is 11.3 Å². The van der Waals surface area contributed by atoms with Crippen molar-refractivity contribution in [1.29, 1.82) is 0 Å². The highest BCUT2D eigenvalue weighted by molar-refractivity contribution is 5.75. The minimum atomic E-state index is -0.361. The van der Waals surface area contributed by atoms with Gasteiger partial charge in [-0.15, -0.1) is 0 Å². The number of halogens is 1. The number of benzene rings is 1. The van der Waals surface area contributed by atoms with Crippen LogP contribution in [0.4, 0.5) is 4.39 Å². The fraction of sp³-hybridized carbons (Fsp3) is 0.417. The topological polar surface area (TPSA) is 47.0 Å². The molecule has 17 heavy (non-hydrogen) atoms. The molecule has 1 aliphatic heterocycles. The van der Waals surface area contributed by atoms with E-state index in [9.17, 15) is 9.18 Å². The molecule has 2 aromatic rings. The standard InChI is InChI=1S/C12H13FN2O2/c13-9-2-1-3-10-11(9)15(12(16)14-10)6-8-4-5-17-7-8/h1-3,8H,4-7H2,(H,14,16). The molecule has 1 fully saturated rings. The van der Waals surface area contributed by atoms with Gasteiger partial charge in [-0.25, -0.2) is 9.18 Å². The highest BCUT2D eigenvalue weighted by Gasteiger charge is 2.19. The van der Waals surface area contributed by atoms with Gasteiger partial charge in [0.15, 0.2) is 0 Å². The van der Waals surface area contributed by atoms with Crippen LogP contribution in [0.3, 0.4) is 0 Å². The number of imidazole rings is 1. The van der Waals surface area contributed by atoms with Gasteiger partial charge in [0.25, 0.3) is 0 Å². The van der Waals surface area contributed by atoms with E-state index in [-0.39, 0.29) is 11.5 Å². The quantitative estimate of drug-likeness (QED) is 0.859. The van der Waals surface area contributed by atoms with Gasteiger partial charge in [-0.2, -0.15) is 0 Å². The maximum absolute atomic E-state index is 13.7. The van der Waals surface area contributed by atoms with Crippen molar-refractivity contribution in [3.8, 4) is 0 Å². The molecule has 90 valence electrons. The third-order valence-corrected chi connectivity index (χ3v) is 3.21. The second kappa shape index (κ2) is 4.00. The largest absolute Gasteiger partial charge is 0.381 e. The van der Waals surface area contributed by atoms with Crippen LogP contribution in [-0.2, 0) is 11.3 Å². The van der Waals surface area contributed by atoms with E-state index in [1.54, 1.807) is 12.1 Å². The van der Waals surface area contributed by atoms with Crippen LogP contribution < -0.4 is 5.69 Å². The summed E-state index contributed by atoms with van der Waals surface area (Å²) in [6.07, 6.45) is 0.924. The van der Waals surface area contributed by atoms with Crippen LogP contribution in [0.1, 0.15) is 6.42 Å². The molecule has 1 saturated heterocycles. The Morgan fingerprint density at radius 2 is 2.41 bits per heavy atom. The second-order valence-electron chi connectivity index (χ2n) is 4.41. The smallest absolute Gasteiger partial charge is 0.326 e. The molecule has 0 saturated carbocycles. The second-order valence-corrected chi connectivity index (χ2v) is 4.41. The Morgan fingerprint density at radius 3 is 3.18 bits per heavy atom. The van der Waals surface area contributed by atoms with Gasteiger partial charge < -0.3 is 9.72 Å². The third kappa shape index (κ3) is 1.76. The summed E-state index contributed by atoms with van der Waals surface area (Å²) < 4.78 is 20.5. The van der Waals surface area contributed by atoms with Gasteiger partial charge in [0.05, 0.1) is 12.1 Å². The molecule has 1 aromatic carbocycles. The van der Waals surface area contributed by atoms with Gasteiger partial charge in [0, 0.05) is 19.1 Å². The summed E-state index contributed by atoms with van der Waals surface area (Å²) >= 11 is 0. The van der Waals surface area contributed by atoms with E-state index in [0.717, 1.165) is 13.0 Å². The Morgan fingerprint density at radius 1 is 1.53 bits per heavy atom. The molecule has 3 rings (SSSR count). The highest BCUT2D eigenvalue weighted by Crippen LogP contribution is 2.19. The Labute approximate surface area is 97.0 Å². The number of para-hydroxylation sites is 1. The van der Waals surface area contributed by atoms with Crippen molar-refractivity contribution in [1.82, 2.24) is 9.55 Å². The van der Waals surface area contributed by atoms with Crippen molar-refractivity contribution in [3.05, 3.63) is 34.5 Å². The maximum Gasteiger partial charge on any atom is 0.326 e. The first-order chi connectivity index (χ1) is 8.25. The average molecular weight is 236 g/mol. The first-order valence-corrected chi connectivity index (χ1v) is 5.70. The molecule has 0 spiro atoms. The molecular weight excluding hydrogens is 223 g/mol. The monoisotopic (exact) mass is 236 g/mol. The van der Waals surface area contributed by atoms with Crippen LogP contribution in [0.2, 0.25) is 0 Å². The van der Waals surface area contributed by atoms with Crippen LogP contribution in [-0.4, -0.2) is 22.8 Å². The Hall–Kier alpha value is -1.62. The van der Waals surface area contributed by atoms with Crippen molar-refractivity contribution < 1.29 is 9.13 Å². The van der Waals surface area contributed by atoms with E-state index in [0.29, 0.717) is 30.1 Å². The molecule has 1 unspecified atom stereocenters. The lowest BCUT2D eigenvalue weighted by molar-refractivity contribution is 0.182. The molecule has 1 aromatic heterocycles. The lowest BCUT2D eigenvalue weighted by Crippen LogP contribution is -2.22. The van der Waals surface area contributed by atoms with E-state index < -0.39 is 0 Å². The zero-order valence-corrected chi connectivity index (χ0v) is 9.28. The van der Waals surface area contributed by atoms with E-state index in [1.807, 2.05) is 0 Å². The number of fused-ring (bicyclic) bond motifs is 1. The van der Waals surface area contributed by atoms with Crippen LogP contribution in [0.5, 0.6) is 0 Å². The number of nitrogens with zero attached hydrogens (tertiary/aromatic N) is 1. The number of aromatic amines is 1. The Balaban J connectivity index is 2.08. The van der Waals surface area contributed by atoms with Crippen LogP contribution in [0.15, 0.2) is 23.0 Å². The lowest BCUT2D eigenvalue weighted by atomic mass is 10.1. The Kier molecular flexibility index (Phi) is 2.48. The SMILES string of the molecule is O=c1[nH]c2cccc(F)c2n1CC1CCOC1. The zero-order valence-electron chi connectivity index (χ0n) is 9.28. The summed E-state index contributed by atoms with van der Waals surface area (Å²) in [5.74, 6) is -0.0638. The van der Waals surface area contributed by atoms with Gasteiger partial charge in [-0.05, 0) is 18.6 Å². The third-order valence-electron chi connectivity index (χ3n) is 3.21. The lowest BCUT2D eigenvalue weighted by Gasteiger charge is -2.08. The summed E-state index contributed by atoms with van der Waals surface area (Å²) in [6, 6.07) is 4.68. The Bertz CT molecular complexity index is 596. The summed E-state index contributed by atoms with van der Waals surface area (Å²) in [5, 5.41) is 0. The van der Waals surface area contributed by atoms with Crippen molar-refractivity contribution >= 4 is 11.0 Å². The van der Waals surface area contributed by atoms with Crippen LogP contribution >= 0.6 is 0 Å². The normalized spacial score (nSPS) is 20.2. The van der Waals surface area contributed by atoms with Gasteiger partial charge in [-0.1, -0.05) is 6.07 Å². The summed E-state index contributed by atoms with van der Waals surface area (Å²) in [4.78, 5) is 14.4. The van der Waals surface area contributed by atoms with Gasteiger partial charge in [-0.3, -0.25) is 4.57 Å². The van der Waals surface area contributed by atoms with Crippen LogP contribution in [0.25, 0.3) is 11.0 Å². The summed E-state index contributed by atoms with van der Waals surface area (Å²) in [5.41, 5.74) is 0.662. The fourth-order valence-corrected chi connectivity index (χ4v) is 2.33. The number of ether oxygens (including phenoxy) is 1. The molecular formula is C12H13FN2O2.